The number of carbonyl (C=O) groups is 3. The molecule has 0 saturated carbocycles. The van der Waals surface area contributed by atoms with E-state index in [2.05, 4.69) is 5.32 Å². The van der Waals surface area contributed by atoms with Gasteiger partial charge in [0, 0.05) is 28.8 Å². The lowest BCUT2D eigenvalue weighted by atomic mass is 9.75. The highest BCUT2D eigenvalue weighted by Crippen LogP contribution is 2.61. The highest BCUT2D eigenvalue weighted by Gasteiger charge is 2.74. The molecule has 3 amide bonds. The van der Waals surface area contributed by atoms with Crippen LogP contribution in [0.2, 0.25) is 5.02 Å². The summed E-state index contributed by atoms with van der Waals surface area (Å²) in [5.74, 6) is -2.67. The molecule has 0 bridgehead atoms. The quantitative estimate of drug-likeness (QED) is 0.413. The Bertz CT molecular complexity index is 1280. The molecule has 4 atom stereocenters. The summed E-state index contributed by atoms with van der Waals surface area (Å²) in [6.07, 6.45) is 1.54. The topological polar surface area (TPSA) is 113 Å². The van der Waals surface area contributed by atoms with Crippen LogP contribution in [-0.2, 0) is 19.9 Å². The number of carbonyl (C=O) groups excluding carboxylic acids is 3. The van der Waals surface area contributed by atoms with Gasteiger partial charge in [-0.1, -0.05) is 17.7 Å². The second-order valence-electron chi connectivity index (χ2n) is 9.01. The predicted molar refractivity (Wildman–Crippen MR) is 119 cm³/mol. The van der Waals surface area contributed by atoms with Gasteiger partial charge >= 0.3 is 0 Å². The largest absolute Gasteiger partial charge is 0.324 e. The minimum Gasteiger partial charge on any atom is -0.324 e. The van der Waals surface area contributed by atoms with E-state index in [1.165, 1.54) is 24.3 Å². The maximum Gasteiger partial charge on any atom is 0.269 e. The van der Waals surface area contributed by atoms with Crippen LogP contribution in [-0.4, -0.2) is 40.1 Å². The summed E-state index contributed by atoms with van der Waals surface area (Å²) in [5.41, 5.74) is 0.873. The summed E-state index contributed by atoms with van der Waals surface area (Å²) >= 11 is 6.31. The van der Waals surface area contributed by atoms with Crippen molar-refractivity contribution < 1.29 is 19.3 Å². The van der Waals surface area contributed by atoms with Crippen LogP contribution in [0.1, 0.15) is 24.0 Å². The number of non-ortho nitro benzene ring substituents is 1. The van der Waals surface area contributed by atoms with Crippen LogP contribution in [0.3, 0.4) is 0 Å². The normalized spacial score (nSPS) is 30.1. The third-order valence-corrected chi connectivity index (χ3v) is 8.09. The molecule has 1 spiro atoms. The van der Waals surface area contributed by atoms with Crippen molar-refractivity contribution in [2.24, 2.45) is 11.8 Å². The summed E-state index contributed by atoms with van der Waals surface area (Å²) in [6.45, 7) is 2.43. The van der Waals surface area contributed by atoms with Crippen molar-refractivity contribution in [3.63, 3.8) is 0 Å². The Balaban J connectivity index is 1.52. The maximum absolute atomic E-state index is 13.9. The molecule has 4 heterocycles. The molecule has 3 fully saturated rings. The maximum atomic E-state index is 13.9. The number of nitrogens with zero attached hydrogens (tertiary/aromatic N) is 3. The number of fused-ring (bicyclic) bond motifs is 7. The first kappa shape index (κ1) is 20.3. The SMILES string of the molecule is Cc1c(Cl)ccc2c1NC(=O)[C@@]21[C@@H]2C(=O)N(c3ccc([N+](=O)[O-])cc3)C(=O)[C@H]2[C@H]2CCCN21. The Morgan fingerprint density at radius 1 is 1.12 bits per heavy atom. The first-order valence-corrected chi connectivity index (χ1v) is 11.2. The zero-order valence-corrected chi connectivity index (χ0v) is 18.3. The van der Waals surface area contributed by atoms with Gasteiger partial charge in [0.1, 0.15) is 5.54 Å². The van der Waals surface area contributed by atoms with Gasteiger partial charge in [-0.2, -0.15) is 0 Å². The van der Waals surface area contributed by atoms with Crippen molar-refractivity contribution in [3.8, 4) is 0 Å². The fourth-order valence-electron chi connectivity index (χ4n) is 6.37. The summed E-state index contributed by atoms with van der Waals surface area (Å²) in [6, 6.07) is 8.62. The number of amides is 3. The zero-order valence-electron chi connectivity index (χ0n) is 17.6. The molecular formula is C23H19ClN4O5. The van der Waals surface area contributed by atoms with E-state index < -0.39 is 28.2 Å². The second-order valence-corrected chi connectivity index (χ2v) is 9.41. The molecule has 33 heavy (non-hydrogen) atoms. The summed E-state index contributed by atoms with van der Waals surface area (Å²) in [5, 5.41) is 14.5. The van der Waals surface area contributed by atoms with Crippen LogP contribution in [0.15, 0.2) is 36.4 Å². The lowest BCUT2D eigenvalue weighted by molar-refractivity contribution is -0.384. The van der Waals surface area contributed by atoms with Gasteiger partial charge in [0.05, 0.1) is 28.1 Å². The molecule has 4 aliphatic rings. The van der Waals surface area contributed by atoms with Crippen LogP contribution < -0.4 is 10.2 Å². The van der Waals surface area contributed by atoms with E-state index in [0.29, 0.717) is 29.2 Å². The monoisotopic (exact) mass is 466 g/mol. The van der Waals surface area contributed by atoms with Crippen LogP contribution in [0.25, 0.3) is 0 Å². The number of halogens is 1. The van der Waals surface area contributed by atoms with Crippen molar-refractivity contribution in [2.75, 3.05) is 16.8 Å². The molecule has 1 N–H and O–H groups in total. The first-order valence-electron chi connectivity index (χ1n) is 10.8. The number of hydrogen-bond acceptors (Lipinski definition) is 6. The third kappa shape index (κ3) is 2.33. The van der Waals surface area contributed by atoms with Gasteiger partial charge in [-0.25, -0.2) is 4.90 Å². The van der Waals surface area contributed by atoms with E-state index in [1.807, 2.05) is 11.8 Å². The number of imide groups is 1. The molecule has 0 aromatic heterocycles. The number of hydrogen-bond donors (Lipinski definition) is 1. The number of nitrogens with one attached hydrogen (secondary N) is 1. The van der Waals surface area contributed by atoms with Crippen LogP contribution >= 0.6 is 11.6 Å². The third-order valence-electron chi connectivity index (χ3n) is 7.68. The molecule has 168 valence electrons. The standard InChI is InChI=1S/C23H19ClN4O5/c1-11-15(24)9-8-14-19(11)25-22(31)23(14)18-17(16-3-2-10-26(16)23)20(29)27(21(18)30)12-4-6-13(7-5-12)28(32)33/h4-9,16-18H,2-3,10H2,1H3,(H,25,31)/t16-,17+,18+,23+/m1/s1. The van der Waals surface area contributed by atoms with Crippen molar-refractivity contribution in [1.29, 1.82) is 0 Å². The van der Waals surface area contributed by atoms with Crippen molar-refractivity contribution >= 4 is 46.4 Å². The minimum atomic E-state index is -1.28. The smallest absolute Gasteiger partial charge is 0.269 e. The molecule has 2 aromatic rings. The zero-order chi connectivity index (χ0) is 23.2. The van der Waals surface area contributed by atoms with E-state index in [-0.39, 0.29) is 29.2 Å². The van der Waals surface area contributed by atoms with Crippen molar-refractivity contribution in [1.82, 2.24) is 4.90 Å². The van der Waals surface area contributed by atoms with E-state index in [0.717, 1.165) is 16.9 Å². The molecule has 0 radical (unpaired) electrons. The number of benzene rings is 2. The Labute approximate surface area is 193 Å². The van der Waals surface area contributed by atoms with Crippen LogP contribution in [0, 0.1) is 28.9 Å². The molecule has 2 aromatic carbocycles. The summed E-state index contributed by atoms with van der Waals surface area (Å²) in [7, 11) is 0. The van der Waals surface area contributed by atoms with E-state index in [9.17, 15) is 24.5 Å². The molecule has 3 saturated heterocycles. The average Bonchev–Trinajstić information content (AvgIpc) is 3.50. The summed E-state index contributed by atoms with van der Waals surface area (Å²) < 4.78 is 0. The molecule has 4 aliphatic heterocycles. The Kier molecular flexibility index (Phi) is 4.07. The second kappa shape index (κ2) is 6.61. The Morgan fingerprint density at radius 3 is 2.55 bits per heavy atom. The van der Waals surface area contributed by atoms with Gasteiger partial charge in [-0.05, 0) is 50.1 Å². The lowest BCUT2D eigenvalue weighted by Crippen LogP contribution is -2.54. The minimum absolute atomic E-state index is 0.132. The number of anilines is 2. The Hall–Kier alpha value is -3.30. The number of rotatable bonds is 2. The van der Waals surface area contributed by atoms with E-state index in [4.69, 9.17) is 11.6 Å². The Morgan fingerprint density at radius 2 is 1.85 bits per heavy atom. The van der Waals surface area contributed by atoms with Crippen LogP contribution in [0.4, 0.5) is 17.1 Å². The van der Waals surface area contributed by atoms with Gasteiger partial charge in [0.15, 0.2) is 0 Å². The molecular weight excluding hydrogens is 448 g/mol. The van der Waals surface area contributed by atoms with E-state index in [1.54, 1.807) is 12.1 Å². The van der Waals surface area contributed by atoms with Crippen molar-refractivity contribution in [3.05, 3.63) is 62.7 Å². The first-order chi connectivity index (χ1) is 15.8. The van der Waals surface area contributed by atoms with Crippen molar-refractivity contribution in [2.45, 2.75) is 31.3 Å². The van der Waals surface area contributed by atoms with Crippen LogP contribution in [0.5, 0.6) is 0 Å². The predicted octanol–water partition coefficient (Wildman–Crippen LogP) is 2.99. The average molecular weight is 467 g/mol. The molecule has 0 aliphatic carbocycles. The summed E-state index contributed by atoms with van der Waals surface area (Å²) in [4.78, 5) is 54.8. The highest BCUT2D eigenvalue weighted by atomic mass is 35.5. The van der Waals surface area contributed by atoms with Gasteiger partial charge in [0.2, 0.25) is 17.7 Å². The van der Waals surface area contributed by atoms with Gasteiger partial charge in [-0.15, -0.1) is 0 Å². The highest BCUT2D eigenvalue weighted by molar-refractivity contribution is 6.32. The molecule has 6 rings (SSSR count). The van der Waals surface area contributed by atoms with Gasteiger partial charge < -0.3 is 5.32 Å². The van der Waals surface area contributed by atoms with Gasteiger partial charge in [0.25, 0.3) is 5.69 Å². The fourth-order valence-corrected chi connectivity index (χ4v) is 6.53. The molecule has 9 nitrogen and oxygen atoms in total. The number of nitro benzene ring substituents is 1. The van der Waals surface area contributed by atoms with Gasteiger partial charge in [-0.3, -0.25) is 29.4 Å². The number of nitro groups is 1. The molecule has 10 heteroatoms. The fraction of sp³-hybridized carbons (Fsp3) is 0.348. The lowest BCUT2D eigenvalue weighted by Gasteiger charge is -2.36. The molecule has 0 unspecified atom stereocenters. The van der Waals surface area contributed by atoms with E-state index >= 15 is 0 Å².